The predicted octanol–water partition coefficient (Wildman–Crippen LogP) is 4.02. The van der Waals surface area contributed by atoms with Crippen molar-refractivity contribution in [2.75, 3.05) is 11.5 Å². The quantitative estimate of drug-likeness (QED) is 0.882. The molecular weight excluding hydrogens is 315 g/mol. The molecule has 2 rings (SSSR count). The molecule has 1 nitrogen and oxygen atoms in total. The lowest BCUT2D eigenvalue weighted by molar-refractivity contribution is 0.0198. The van der Waals surface area contributed by atoms with E-state index in [9.17, 15) is 9.50 Å². The highest BCUT2D eigenvalue weighted by atomic mass is 79.9. The summed E-state index contributed by atoms with van der Waals surface area (Å²) in [4.78, 5) is 0. The number of aliphatic hydroxyl groups is 1. The third kappa shape index (κ3) is 3.49. The Bertz CT molecular complexity index is 449. The van der Waals surface area contributed by atoms with Crippen LogP contribution in [0, 0.1) is 11.2 Å². The number of benzene rings is 1. The zero-order valence-electron chi connectivity index (χ0n) is 10.7. The molecular formula is C14H18BrFOS. The minimum absolute atomic E-state index is 0.136. The van der Waals surface area contributed by atoms with Gasteiger partial charge < -0.3 is 5.11 Å². The van der Waals surface area contributed by atoms with E-state index >= 15 is 0 Å². The minimum atomic E-state index is -0.733. The average Bonchev–Trinajstić information content (AvgIpc) is 2.21. The largest absolute Gasteiger partial charge is 0.389 e. The standard InChI is InChI=1S/C14H18BrFOS/c1-13(2)7-14(17,9-18-8-13)6-10-5-11(16)3-4-12(10)15/h3-5,17H,6-9H2,1-2H3. The van der Waals surface area contributed by atoms with Crippen LogP contribution in [0.4, 0.5) is 4.39 Å². The summed E-state index contributed by atoms with van der Waals surface area (Å²) < 4.78 is 14.1. The van der Waals surface area contributed by atoms with Crippen molar-refractivity contribution in [3.63, 3.8) is 0 Å². The van der Waals surface area contributed by atoms with Crippen LogP contribution in [0.5, 0.6) is 0 Å². The number of rotatable bonds is 2. The van der Waals surface area contributed by atoms with Gasteiger partial charge in [-0.05, 0) is 41.4 Å². The number of hydrogen-bond acceptors (Lipinski definition) is 2. The van der Waals surface area contributed by atoms with Crippen molar-refractivity contribution in [2.24, 2.45) is 5.41 Å². The molecule has 1 aliphatic heterocycles. The van der Waals surface area contributed by atoms with Gasteiger partial charge in [-0.2, -0.15) is 11.8 Å². The molecule has 1 aliphatic rings. The molecule has 1 atom stereocenters. The number of hydrogen-bond donors (Lipinski definition) is 1. The molecule has 0 aromatic heterocycles. The second kappa shape index (κ2) is 5.14. The molecule has 0 saturated carbocycles. The summed E-state index contributed by atoms with van der Waals surface area (Å²) in [7, 11) is 0. The SMILES string of the molecule is CC1(C)CSCC(O)(Cc2cc(F)ccc2Br)C1. The van der Waals surface area contributed by atoms with Crippen LogP contribution in [0.15, 0.2) is 22.7 Å². The monoisotopic (exact) mass is 332 g/mol. The zero-order valence-corrected chi connectivity index (χ0v) is 13.1. The van der Waals surface area contributed by atoms with E-state index in [0.29, 0.717) is 6.42 Å². The summed E-state index contributed by atoms with van der Waals surface area (Å²) >= 11 is 5.20. The molecule has 100 valence electrons. The Hall–Kier alpha value is -0.0600. The fourth-order valence-corrected chi connectivity index (χ4v) is 4.38. The highest BCUT2D eigenvalue weighted by Gasteiger charge is 2.39. The molecule has 0 bridgehead atoms. The number of thioether (sulfide) groups is 1. The minimum Gasteiger partial charge on any atom is -0.389 e. The smallest absolute Gasteiger partial charge is 0.123 e. The van der Waals surface area contributed by atoms with Crippen molar-refractivity contribution < 1.29 is 9.50 Å². The zero-order chi connectivity index (χ0) is 13.4. The maximum atomic E-state index is 13.3. The molecule has 0 radical (unpaired) electrons. The third-order valence-corrected chi connectivity index (χ3v) is 5.70. The first-order valence-electron chi connectivity index (χ1n) is 6.04. The Balaban J connectivity index is 2.19. The summed E-state index contributed by atoms with van der Waals surface area (Å²) in [6, 6.07) is 4.64. The summed E-state index contributed by atoms with van der Waals surface area (Å²) in [5.41, 5.74) is 0.246. The fraction of sp³-hybridized carbons (Fsp3) is 0.571. The van der Waals surface area contributed by atoms with E-state index in [-0.39, 0.29) is 11.2 Å². The molecule has 1 N–H and O–H groups in total. The molecule has 0 amide bonds. The highest BCUT2D eigenvalue weighted by molar-refractivity contribution is 9.10. The Morgan fingerprint density at radius 2 is 2.11 bits per heavy atom. The van der Waals surface area contributed by atoms with Crippen molar-refractivity contribution >= 4 is 27.7 Å². The van der Waals surface area contributed by atoms with Gasteiger partial charge in [0.25, 0.3) is 0 Å². The van der Waals surface area contributed by atoms with Crippen LogP contribution in [0.2, 0.25) is 0 Å². The molecule has 1 aromatic carbocycles. The molecule has 1 aromatic rings. The summed E-state index contributed by atoms with van der Waals surface area (Å²) in [5.74, 6) is 1.54. The molecule has 18 heavy (non-hydrogen) atoms. The predicted molar refractivity (Wildman–Crippen MR) is 78.5 cm³/mol. The Morgan fingerprint density at radius 3 is 2.78 bits per heavy atom. The fourth-order valence-electron chi connectivity index (χ4n) is 2.66. The van der Waals surface area contributed by atoms with Crippen molar-refractivity contribution in [3.05, 3.63) is 34.1 Å². The van der Waals surface area contributed by atoms with E-state index in [0.717, 1.165) is 28.0 Å². The van der Waals surface area contributed by atoms with Gasteiger partial charge in [-0.15, -0.1) is 0 Å². The van der Waals surface area contributed by atoms with Gasteiger partial charge in [-0.3, -0.25) is 0 Å². The Labute approximate surface area is 120 Å². The molecule has 1 fully saturated rings. The normalized spacial score (nSPS) is 27.2. The van der Waals surface area contributed by atoms with Gasteiger partial charge in [0.15, 0.2) is 0 Å². The van der Waals surface area contributed by atoms with Crippen molar-refractivity contribution in [2.45, 2.75) is 32.3 Å². The van der Waals surface area contributed by atoms with E-state index in [2.05, 4.69) is 29.8 Å². The topological polar surface area (TPSA) is 20.2 Å². The Kier molecular flexibility index (Phi) is 4.10. The van der Waals surface area contributed by atoms with Gasteiger partial charge in [0, 0.05) is 16.6 Å². The van der Waals surface area contributed by atoms with Gasteiger partial charge in [-0.25, -0.2) is 4.39 Å². The second-order valence-corrected chi connectivity index (χ2v) is 7.81. The van der Waals surface area contributed by atoms with E-state index < -0.39 is 5.60 Å². The maximum Gasteiger partial charge on any atom is 0.123 e. The lowest BCUT2D eigenvalue weighted by atomic mass is 9.79. The van der Waals surface area contributed by atoms with Crippen molar-refractivity contribution in [1.82, 2.24) is 0 Å². The first kappa shape index (κ1) is 14.4. The van der Waals surface area contributed by atoms with Crippen molar-refractivity contribution in [1.29, 1.82) is 0 Å². The van der Waals surface area contributed by atoms with Crippen LogP contribution < -0.4 is 0 Å². The molecule has 1 unspecified atom stereocenters. The van der Waals surface area contributed by atoms with Gasteiger partial charge >= 0.3 is 0 Å². The number of halogens is 2. The van der Waals surface area contributed by atoms with Gasteiger partial charge in [-0.1, -0.05) is 29.8 Å². The van der Waals surface area contributed by atoms with E-state index in [1.165, 1.54) is 12.1 Å². The van der Waals surface area contributed by atoms with Crippen LogP contribution in [-0.4, -0.2) is 22.2 Å². The van der Waals surface area contributed by atoms with Gasteiger partial charge in [0.1, 0.15) is 5.82 Å². The van der Waals surface area contributed by atoms with E-state index in [4.69, 9.17) is 0 Å². The maximum absolute atomic E-state index is 13.3. The lowest BCUT2D eigenvalue weighted by Crippen LogP contribution is -2.44. The summed E-state index contributed by atoms with van der Waals surface area (Å²) in [5, 5.41) is 10.7. The van der Waals surface area contributed by atoms with Crippen LogP contribution >= 0.6 is 27.7 Å². The first-order valence-corrected chi connectivity index (χ1v) is 7.99. The van der Waals surface area contributed by atoms with Gasteiger partial charge in [0.2, 0.25) is 0 Å². The van der Waals surface area contributed by atoms with Crippen LogP contribution in [-0.2, 0) is 6.42 Å². The van der Waals surface area contributed by atoms with E-state index in [1.807, 2.05) is 0 Å². The third-order valence-electron chi connectivity index (χ3n) is 3.20. The first-order chi connectivity index (χ1) is 8.30. The second-order valence-electron chi connectivity index (χ2n) is 5.97. The van der Waals surface area contributed by atoms with Crippen molar-refractivity contribution in [3.8, 4) is 0 Å². The van der Waals surface area contributed by atoms with E-state index in [1.54, 1.807) is 17.8 Å². The van der Waals surface area contributed by atoms with Gasteiger partial charge in [0.05, 0.1) is 5.60 Å². The molecule has 0 spiro atoms. The van der Waals surface area contributed by atoms with Crippen LogP contribution in [0.3, 0.4) is 0 Å². The summed E-state index contributed by atoms with van der Waals surface area (Å²) in [6.07, 6.45) is 1.26. The highest BCUT2D eigenvalue weighted by Crippen LogP contribution is 2.41. The molecule has 1 heterocycles. The van der Waals surface area contributed by atoms with Crippen LogP contribution in [0.25, 0.3) is 0 Å². The Morgan fingerprint density at radius 1 is 1.39 bits per heavy atom. The average molecular weight is 333 g/mol. The van der Waals surface area contributed by atoms with Crippen LogP contribution in [0.1, 0.15) is 25.8 Å². The molecule has 4 heteroatoms. The summed E-state index contributed by atoms with van der Waals surface area (Å²) in [6.45, 7) is 4.34. The molecule has 1 saturated heterocycles. The molecule has 0 aliphatic carbocycles. The lowest BCUT2D eigenvalue weighted by Gasteiger charge is -2.41.